The summed E-state index contributed by atoms with van der Waals surface area (Å²) in [4.78, 5) is 0.200. The van der Waals surface area contributed by atoms with Crippen molar-refractivity contribution in [1.29, 1.82) is 0 Å². The van der Waals surface area contributed by atoms with E-state index in [9.17, 15) is 8.42 Å². The first-order valence-corrected chi connectivity index (χ1v) is 9.27. The van der Waals surface area contributed by atoms with Crippen LogP contribution in [0.2, 0.25) is 0 Å². The molecule has 1 heterocycles. The topological polar surface area (TPSA) is 76.7 Å². The fraction of sp³-hybridized carbons (Fsp3) is 0.571. The van der Waals surface area contributed by atoms with Crippen LogP contribution in [0, 0.1) is 0 Å². The van der Waals surface area contributed by atoms with Crippen LogP contribution in [0.4, 0.5) is 0 Å². The van der Waals surface area contributed by atoms with E-state index in [2.05, 4.69) is 26.0 Å². The van der Waals surface area contributed by atoms with Crippen LogP contribution in [0.15, 0.2) is 27.6 Å². The van der Waals surface area contributed by atoms with E-state index in [1.807, 2.05) is 0 Å². The molecule has 0 aliphatic carbocycles. The van der Waals surface area contributed by atoms with Crippen LogP contribution in [0.25, 0.3) is 0 Å². The Labute approximate surface area is 139 Å². The van der Waals surface area contributed by atoms with Gasteiger partial charge in [-0.1, -0.05) is 0 Å². The molecule has 2 N–H and O–H groups in total. The zero-order chi connectivity index (χ0) is 16.2. The van der Waals surface area contributed by atoms with Crippen LogP contribution in [0.5, 0.6) is 5.75 Å². The van der Waals surface area contributed by atoms with Crippen LogP contribution in [-0.4, -0.2) is 47.9 Å². The van der Waals surface area contributed by atoms with Crippen molar-refractivity contribution >= 4 is 26.0 Å². The number of rotatable bonds is 7. The molecule has 1 unspecified atom stereocenters. The van der Waals surface area contributed by atoms with Crippen LogP contribution in [-0.2, 0) is 14.8 Å². The van der Waals surface area contributed by atoms with E-state index in [4.69, 9.17) is 9.47 Å². The lowest BCUT2D eigenvalue weighted by Crippen LogP contribution is -2.52. The Kier molecular flexibility index (Phi) is 5.84. The van der Waals surface area contributed by atoms with E-state index in [1.165, 1.54) is 19.2 Å². The Balaban J connectivity index is 2.12. The van der Waals surface area contributed by atoms with E-state index in [0.717, 1.165) is 19.4 Å². The maximum absolute atomic E-state index is 12.4. The second kappa shape index (κ2) is 7.27. The summed E-state index contributed by atoms with van der Waals surface area (Å²) in [6.07, 6.45) is 1.90. The molecule has 2 rings (SSSR count). The van der Waals surface area contributed by atoms with Gasteiger partial charge in [-0.25, -0.2) is 13.1 Å². The molecule has 0 amide bonds. The maximum Gasteiger partial charge on any atom is 0.240 e. The smallest absolute Gasteiger partial charge is 0.240 e. The second-order valence-corrected chi connectivity index (χ2v) is 7.99. The molecule has 1 aromatic rings. The average Bonchev–Trinajstić information content (AvgIpc) is 2.95. The number of sulfonamides is 1. The van der Waals surface area contributed by atoms with Gasteiger partial charge < -0.3 is 14.8 Å². The molecule has 6 nitrogen and oxygen atoms in total. The van der Waals surface area contributed by atoms with Gasteiger partial charge >= 0.3 is 0 Å². The number of hydrogen-bond donors (Lipinski definition) is 2. The molecular weight excluding hydrogens is 372 g/mol. The molecule has 1 aliphatic heterocycles. The van der Waals surface area contributed by atoms with Gasteiger partial charge in [0.25, 0.3) is 0 Å². The minimum absolute atomic E-state index is 0.200. The summed E-state index contributed by atoms with van der Waals surface area (Å²) in [5.41, 5.74) is -0.328. The maximum atomic E-state index is 12.4. The van der Waals surface area contributed by atoms with Gasteiger partial charge in [0.1, 0.15) is 5.75 Å². The fourth-order valence-electron chi connectivity index (χ4n) is 2.60. The second-order valence-electron chi connectivity index (χ2n) is 5.36. The van der Waals surface area contributed by atoms with Gasteiger partial charge in [0.05, 0.1) is 28.6 Å². The normalized spacial score (nSPS) is 22.0. The van der Waals surface area contributed by atoms with E-state index in [1.54, 1.807) is 13.2 Å². The standard InChI is InChI=1S/C14H21BrN2O4S/c1-20-10-14(6-3-7-16-14)9-17-22(18,19)11-4-5-13(21-2)12(15)8-11/h4-5,8,16-17H,3,6-7,9-10H2,1-2H3. The molecule has 1 fully saturated rings. The molecule has 8 heteroatoms. The Morgan fingerprint density at radius 1 is 1.41 bits per heavy atom. The average molecular weight is 393 g/mol. The van der Waals surface area contributed by atoms with Crippen molar-refractivity contribution < 1.29 is 17.9 Å². The first-order valence-electron chi connectivity index (χ1n) is 7.00. The Hall–Kier alpha value is -0.670. The van der Waals surface area contributed by atoms with Gasteiger partial charge in [0, 0.05) is 13.7 Å². The molecule has 0 radical (unpaired) electrons. The van der Waals surface area contributed by atoms with Crippen LogP contribution >= 0.6 is 15.9 Å². The predicted octanol–water partition coefficient (Wildman–Crippen LogP) is 1.50. The van der Waals surface area contributed by atoms with Gasteiger partial charge in [-0.3, -0.25) is 0 Å². The molecule has 0 spiro atoms. The largest absolute Gasteiger partial charge is 0.496 e. The molecule has 0 aromatic heterocycles. The summed E-state index contributed by atoms with van der Waals surface area (Å²) >= 11 is 3.30. The van der Waals surface area contributed by atoms with Crippen LogP contribution in [0.1, 0.15) is 12.8 Å². The van der Waals surface area contributed by atoms with Crippen molar-refractivity contribution in [2.45, 2.75) is 23.3 Å². The van der Waals surface area contributed by atoms with Crippen molar-refractivity contribution in [2.24, 2.45) is 0 Å². The van der Waals surface area contributed by atoms with E-state index < -0.39 is 10.0 Å². The summed E-state index contributed by atoms with van der Waals surface area (Å²) in [7, 11) is -0.426. The number of benzene rings is 1. The van der Waals surface area contributed by atoms with Crippen molar-refractivity contribution in [3.8, 4) is 5.75 Å². The lowest BCUT2D eigenvalue weighted by Gasteiger charge is -2.28. The highest BCUT2D eigenvalue weighted by molar-refractivity contribution is 9.10. The molecule has 0 bridgehead atoms. The first kappa shape index (κ1) is 17.7. The zero-order valence-electron chi connectivity index (χ0n) is 12.7. The van der Waals surface area contributed by atoms with Crippen LogP contribution in [0.3, 0.4) is 0 Å². The Morgan fingerprint density at radius 2 is 2.18 bits per heavy atom. The number of ether oxygens (including phenoxy) is 2. The summed E-state index contributed by atoms with van der Waals surface area (Å²) in [5, 5.41) is 3.34. The Morgan fingerprint density at radius 3 is 2.73 bits per heavy atom. The SMILES string of the molecule is COCC1(CNS(=O)(=O)c2ccc(OC)c(Br)c2)CCCN1. The fourth-order valence-corrected chi connectivity index (χ4v) is 4.45. The third-order valence-electron chi connectivity index (χ3n) is 3.79. The summed E-state index contributed by atoms with van der Waals surface area (Å²) < 4.78 is 38.5. The van der Waals surface area contributed by atoms with Gasteiger partial charge in [0.15, 0.2) is 0 Å². The molecule has 124 valence electrons. The van der Waals surface area contributed by atoms with Crippen molar-refractivity contribution in [1.82, 2.24) is 10.0 Å². The highest BCUT2D eigenvalue weighted by atomic mass is 79.9. The monoisotopic (exact) mass is 392 g/mol. The predicted molar refractivity (Wildman–Crippen MR) is 87.7 cm³/mol. The number of nitrogens with one attached hydrogen (secondary N) is 2. The van der Waals surface area contributed by atoms with Crippen molar-refractivity contribution in [2.75, 3.05) is 33.9 Å². The minimum Gasteiger partial charge on any atom is -0.496 e. The lowest BCUT2D eigenvalue weighted by atomic mass is 9.99. The quantitative estimate of drug-likeness (QED) is 0.735. The van der Waals surface area contributed by atoms with Gasteiger partial charge in [-0.2, -0.15) is 0 Å². The highest BCUT2D eigenvalue weighted by Crippen LogP contribution is 2.27. The molecule has 1 aromatic carbocycles. The Bertz CT molecular complexity index is 615. The van der Waals surface area contributed by atoms with E-state index in [0.29, 0.717) is 23.4 Å². The van der Waals surface area contributed by atoms with Gasteiger partial charge in [-0.15, -0.1) is 0 Å². The van der Waals surface area contributed by atoms with E-state index >= 15 is 0 Å². The molecular formula is C14H21BrN2O4S. The lowest BCUT2D eigenvalue weighted by molar-refractivity contribution is 0.122. The van der Waals surface area contributed by atoms with E-state index in [-0.39, 0.29) is 10.4 Å². The first-order chi connectivity index (χ1) is 10.4. The minimum atomic E-state index is -3.58. The van der Waals surface area contributed by atoms with Crippen molar-refractivity contribution in [3.63, 3.8) is 0 Å². The molecule has 22 heavy (non-hydrogen) atoms. The number of hydrogen-bond acceptors (Lipinski definition) is 5. The molecule has 1 aliphatic rings. The van der Waals surface area contributed by atoms with Crippen molar-refractivity contribution in [3.05, 3.63) is 22.7 Å². The third kappa shape index (κ3) is 3.99. The third-order valence-corrected chi connectivity index (χ3v) is 5.81. The number of methoxy groups -OCH3 is 2. The summed E-state index contributed by atoms with van der Waals surface area (Å²) in [6, 6.07) is 4.68. The summed E-state index contributed by atoms with van der Waals surface area (Å²) in [5.74, 6) is 0.590. The zero-order valence-corrected chi connectivity index (χ0v) is 15.1. The van der Waals surface area contributed by atoms with Gasteiger partial charge in [-0.05, 0) is 53.5 Å². The highest BCUT2D eigenvalue weighted by Gasteiger charge is 2.34. The molecule has 1 saturated heterocycles. The number of halogens is 1. The van der Waals surface area contributed by atoms with Crippen LogP contribution < -0.4 is 14.8 Å². The molecule has 0 saturated carbocycles. The summed E-state index contributed by atoms with van der Waals surface area (Å²) in [6.45, 7) is 1.65. The molecule has 1 atom stereocenters. The van der Waals surface area contributed by atoms with Gasteiger partial charge in [0.2, 0.25) is 10.0 Å².